The van der Waals surface area contributed by atoms with Gasteiger partial charge in [-0.15, -0.1) is 0 Å². The van der Waals surface area contributed by atoms with Gasteiger partial charge in [-0.1, -0.05) is 11.6 Å². The van der Waals surface area contributed by atoms with Crippen LogP contribution in [0, 0.1) is 0 Å². The first-order valence-corrected chi connectivity index (χ1v) is 7.16. The average molecular weight is 336 g/mol. The maximum atomic E-state index is 8.72. The van der Waals surface area contributed by atoms with Crippen molar-refractivity contribution in [2.45, 2.75) is 18.9 Å². The Kier molecular flexibility index (Phi) is 5.24. The highest BCUT2D eigenvalue weighted by Gasteiger charge is 2.21. The van der Waals surface area contributed by atoms with Crippen LogP contribution < -0.4 is 4.90 Å². The Morgan fingerprint density at radius 3 is 2.83 bits per heavy atom. The SMILES string of the molecule is OCCOC1CCN(c2ncc(Br)cc2Cl)CC1. The highest BCUT2D eigenvalue weighted by Crippen LogP contribution is 2.28. The van der Waals surface area contributed by atoms with Gasteiger partial charge in [-0.25, -0.2) is 4.98 Å². The molecule has 1 aromatic heterocycles. The van der Waals surface area contributed by atoms with Crippen LogP contribution in [0.25, 0.3) is 0 Å². The fourth-order valence-corrected chi connectivity index (χ4v) is 2.84. The van der Waals surface area contributed by atoms with Gasteiger partial charge in [0.2, 0.25) is 0 Å². The molecule has 1 aromatic rings. The number of anilines is 1. The number of hydrogen-bond acceptors (Lipinski definition) is 4. The van der Waals surface area contributed by atoms with Crippen LogP contribution in [0.1, 0.15) is 12.8 Å². The van der Waals surface area contributed by atoms with Gasteiger partial charge < -0.3 is 14.7 Å². The minimum atomic E-state index is 0.0836. The molecule has 100 valence electrons. The van der Waals surface area contributed by atoms with E-state index in [2.05, 4.69) is 25.8 Å². The summed E-state index contributed by atoms with van der Waals surface area (Å²) in [5, 5.41) is 9.39. The summed E-state index contributed by atoms with van der Waals surface area (Å²) in [7, 11) is 0. The number of pyridine rings is 1. The third-order valence-electron chi connectivity index (χ3n) is 2.97. The summed E-state index contributed by atoms with van der Waals surface area (Å²) in [4.78, 5) is 6.53. The van der Waals surface area contributed by atoms with E-state index >= 15 is 0 Å². The lowest BCUT2D eigenvalue weighted by molar-refractivity contribution is 0.0158. The van der Waals surface area contributed by atoms with E-state index in [0.717, 1.165) is 36.2 Å². The quantitative estimate of drug-likeness (QED) is 0.918. The van der Waals surface area contributed by atoms with Gasteiger partial charge in [0.1, 0.15) is 5.82 Å². The summed E-state index contributed by atoms with van der Waals surface area (Å²) in [6.45, 7) is 2.26. The zero-order chi connectivity index (χ0) is 13.0. The second-order valence-electron chi connectivity index (χ2n) is 4.24. The second-order valence-corrected chi connectivity index (χ2v) is 5.56. The van der Waals surface area contributed by atoms with Gasteiger partial charge in [-0.05, 0) is 34.8 Å². The Hall–Kier alpha value is -0.360. The number of rotatable bonds is 4. The van der Waals surface area contributed by atoms with E-state index in [0.29, 0.717) is 11.6 Å². The van der Waals surface area contributed by atoms with E-state index in [9.17, 15) is 0 Å². The number of nitrogens with zero attached hydrogens (tertiary/aromatic N) is 2. The highest BCUT2D eigenvalue weighted by atomic mass is 79.9. The lowest BCUT2D eigenvalue weighted by Crippen LogP contribution is -2.38. The molecule has 6 heteroatoms. The number of ether oxygens (including phenoxy) is 1. The molecule has 0 amide bonds. The average Bonchev–Trinajstić information content (AvgIpc) is 2.37. The van der Waals surface area contributed by atoms with Gasteiger partial charge in [0.15, 0.2) is 0 Å². The molecular formula is C12H16BrClN2O2. The van der Waals surface area contributed by atoms with Crippen molar-refractivity contribution in [1.29, 1.82) is 0 Å². The zero-order valence-electron chi connectivity index (χ0n) is 9.98. The third-order valence-corrected chi connectivity index (χ3v) is 3.69. The maximum absolute atomic E-state index is 8.72. The maximum Gasteiger partial charge on any atom is 0.147 e. The van der Waals surface area contributed by atoms with Crippen molar-refractivity contribution in [2.24, 2.45) is 0 Å². The molecule has 0 aromatic carbocycles. The van der Waals surface area contributed by atoms with Crippen LogP contribution in [0.5, 0.6) is 0 Å². The Morgan fingerprint density at radius 2 is 2.22 bits per heavy atom. The standard InChI is InChI=1S/C12H16BrClN2O2/c13-9-7-11(14)12(15-8-9)16-3-1-10(2-4-16)18-6-5-17/h7-8,10,17H,1-6H2. The van der Waals surface area contributed by atoms with Gasteiger partial charge in [-0.3, -0.25) is 0 Å². The fraction of sp³-hybridized carbons (Fsp3) is 0.583. The van der Waals surface area contributed by atoms with E-state index in [1.807, 2.05) is 6.07 Å². The van der Waals surface area contributed by atoms with E-state index in [-0.39, 0.29) is 12.7 Å². The number of halogens is 2. The highest BCUT2D eigenvalue weighted by molar-refractivity contribution is 9.10. The molecule has 1 aliphatic rings. The summed E-state index contributed by atoms with van der Waals surface area (Å²) in [6, 6.07) is 1.86. The number of aliphatic hydroxyl groups is 1. The van der Waals surface area contributed by atoms with Crippen molar-refractivity contribution in [3.05, 3.63) is 21.8 Å². The second kappa shape index (κ2) is 6.70. The van der Waals surface area contributed by atoms with Crippen LogP contribution in [0.2, 0.25) is 5.02 Å². The van der Waals surface area contributed by atoms with Gasteiger partial charge in [0.05, 0.1) is 24.3 Å². The van der Waals surface area contributed by atoms with Gasteiger partial charge >= 0.3 is 0 Å². The predicted molar refractivity (Wildman–Crippen MR) is 75.2 cm³/mol. The van der Waals surface area contributed by atoms with E-state index in [1.165, 1.54) is 0 Å². The van der Waals surface area contributed by atoms with Crippen molar-refractivity contribution in [1.82, 2.24) is 4.98 Å². The molecule has 0 atom stereocenters. The van der Waals surface area contributed by atoms with Crippen LogP contribution in [-0.4, -0.2) is 42.5 Å². The molecule has 0 bridgehead atoms. The van der Waals surface area contributed by atoms with E-state index in [1.54, 1.807) is 6.20 Å². The van der Waals surface area contributed by atoms with Crippen molar-refractivity contribution < 1.29 is 9.84 Å². The van der Waals surface area contributed by atoms with Crippen LogP contribution in [0.15, 0.2) is 16.7 Å². The lowest BCUT2D eigenvalue weighted by atomic mass is 10.1. The van der Waals surface area contributed by atoms with Crippen molar-refractivity contribution in [3.63, 3.8) is 0 Å². The van der Waals surface area contributed by atoms with Gasteiger partial charge in [-0.2, -0.15) is 0 Å². The molecule has 2 heterocycles. The minimum absolute atomic E-state index is 0.0836. The Bertz CT molecular complexity index is 398. The molecule has 0 saturated carbocycles. The summed E-state index contributed by atoms with van der Waals surface area (Å²) < 4.78 is 6.41. The van der Waals surface area contributed by atoms with Crippen molar-refractivity contribution >= 4 is 33.3 Å². The molecule has 2 rings (SSSR count). The first-order valence-electron chi connectivity index (χ1n) is 5.99. The lowest BCUT2D eigenvalue weighted by Gasteiger charge is -2.33. The Morgan fingerprint density at radius 1 is 1.50 bits per heavy atom. The Balaban J connectivity index is 1.93. The molecule has 4 nitrogen and oxygen atoms in total. The minimum Gasteiger partial charge on any atom is -0.394 e. The normalized spacial score (nSPS) is 17.2. The summed E-state index contributed by atoms with van der Waals surface area (Å²) in [6.07, 6.45) is 3.88. The first-order chi connectivity index (χ1) is 8.70. The van der Waals surface area contributed by atoms with Gasteiger partial charge in [0.25, 0.3) is 0 Å². The van der Waals surface area contributed by atoms with Crippen LogP contribution in [0.4, 0.5) is 5.82 Å². The molecule has 0 aliphatic carbocycles. The fourth-order valence-electron chi connectivity index (χ4n) is 2.09. The summed E-state index contributed by atoms with van der Waals surface area (Å²) >= 11 is 9.53. The van der Waals surface area contributed by atoms with E-state index < -0.39 is 0 Å². The molecular weight excluding hydrogens is 320 g/mol. The topological polar surface area (TPSA) is 45.6 Å². The third kappa shape index (κ3) is 3.57. The molecule has 1 saturated heterocycles. The molecule has 1 aliphatic heterocycles. The van der Waals surface area contributed by atoms with Crippen molar-refractivity contribution in [2.75, 3.05) is 31.2 Å². The summed E-state index contributed by atoms with van der Waals surface area (Å²) in [5.74, 6) is 0.834. The molecule has 1 fully saturated rings. The molecule has 18 heavy (non-hydrogen) atoms. The monoisotopic (exact) mass is 334 g/mol. The van der Waals surface area contributed by atoms with Crippen LogP contribution in [-0.2, 0) is 4.74 Å². The molecule has 0 radical (unpaired) electrons. The zero-order valence-corrected chi connectivity index (χ0v) is 12.3. The van der Waals surface area contributed by atoms with Crippen molar-refractivity contribution in [3.8, 4) is 0 Å². The molecule has 1 N–H and O–H groups in total. The van der Waals surface area contributed by atoms with Gasteiger partial charge in [0, 0.05) is 23.8 Å². The molecule has 0 unspecified atom stereocenters. The summed E-state index contributed by atoms with van der Waals surface area (Å²) in [5.41, 5.74) is 0. The smallest absolute Gasteiger partial charge is 0.147 e. The molecule has 0 spiro atoms. The predicted octanol–water partition coefficient (Wildman–Crippen LogP) is 2.48. The van der Waals surface area contributed by atoms with E-state index in [4.69, 9.17) is 21.4 Å². The number of aliphatic hydroxyl groups excluding tert-OH is 1. The van der Waals surface area contributed by atoms with Crippen LogP contribution >= 0.6 is 27.5 Å². The number of piperidine rings is 1. The number of hydrogen-bond donors (Lipinski definition) is 1. The number of aromatic nitrogens is 1. The van der Waals surface area contributed by atoms with Crippen LogP contribution in [0.3, 0.4) is 0 Å². The first kappa shape index (κ1) is 14.1. The Labute approximate surface area is 120 Å². The largest absolute Gasteiger partial charge is 0.394 e.